The molecule has 1 fully saturated rings. The molecule has 0 aromatic heterocycles. The summed E-state index contributed by atoms with van der Waals surface area (Å²) in [6.45, 7) is 7.40. The summed E-state index contributed by atoms with van der Waals surface area (Å²) in [6, 6.07) is 0. The van der Waals surface area contributed by atoms with E-state index >= 15 is 0 Å². The molecule has 0 bridgehead atoms. The van der Waals surface area contributed by atoms with Crippen molar-refractivity contribution >= 4 is 17.7 Å². The zero-order valence-electron chi connectivity index (χ0n) is 9.25. The second-order valence-corrected chi connectivity index (χ2v) is 5.00. The maximum atomic E-state index is 11.2. The fourth-order valence-corrected chi connectivity index (χ4v) is 2.73. The Kier molecular flexibility index (Phi) is 5.79. The molecule has 0 spiro atoms. The predicted octanol–water partition coefficient (Wildman–Crippen LogP) is 1.59. The molecule has 1 aliphatic rings. The molecular weight excluding hydrogens is 210 g/mol. The summed E-state index contributed by atoms with van der Waals surface area (Å²) in [5, 5.41) is 3.95. The Bertz CT molecular complexity index is 225. The van der Waals surface area contributed by atoms with Gasteiger partial charge in [-0.05, 0) is 25.5 Å². The smallest absolute Gasteiger partial charge is 0.334 e. The summed E-state index contributed by atoms with van der Waals surface area (Å²) in [5.74, 6) is 0.981. The van der Waals surface area contributed by atoms with Crippen molar-refractivity contribution in [2.24, 2.45) is 0 Å². The van der Waals surface area contributed by atoms with E-state index in [1.165, 1.54) is 18.6 Å². The number of thioether (sulfide) groups is 1. The zero-order chi connectivity index (χ0) is 11.1. The van der Waals surface area contributed by atoms with Gasteiger partial charge in [0.1, 0.15) is 0 Å². The van der Waals surface area contributed by atoms with Gasteiger partial charge in [0.05, 0.1) is 6.61 Å². The Morgan fingerprint density at radius 1 is 1.67 bits per heavy atom. The number of hydrogen-bond acceptors (Lipinski definition) is 4. The zero-order valence-corrected chi connectivity index (χ0v) is 10.1. The molecule has 0 aromatic rings. The van der Waals surface area contributed by atoms with Crippen molar-refractivity contribution in [2.45, 2.75) is 25.0 Å². The summed E-state index contributed by atoms with van der Waals surface area (Å²) in [4.78, 5) is 11.2. The second kappa shape index (κ2) is 6.90. The minimum atomic E-state index is -0.288. The van der Waals surface area contributed by atoms with E-state index in [1.54, 1.807) is 6.92 Å². The fraction of sp³-hybridized carbons (Fsp3) is 0.727. The van der Waals surface area contributed by atoms with Crippen molar-refractivity contribution in [3.63, 3.8) is 0 Å². The maximum absolute atomic E-state index is 11.2. The van der Waals surface area contributed by atoms with Crippen LogP contribution in [0.15, 0.2) is 12.2 Å². The molecule has 0 aliphatic carbocycles. The van der Waals surface area contributed by atoms with Gasteiger partial charge in [0.2, 0.25) is 0 Å². The average molecular weight is 229 g/mol. The van der Waals surface area contributed by atoms with Crippen molar-refractivity contribution < 1.29 is 9.53 Å². The van der Waals surface area contributed by atoms with Gasteiger partial charge in [0, 0.05) is 23.9 Å². The molecule has 3 nitrogen and oxygen atoms in total. The monoisotopic (exact) mass is 229 g/mol. The molecule has 1 N–H and O–H groups in total. The predicted molar refractivity (Wildman–Crippen MR) is 64.1 cm³/mol. The minimum Gasteiger partial charge on any atom is -0.463 e. The van der Waals surface area contributed by atoms with E-state index in [-0.39, 0.29) is 5.97 Å². The Balaban J connectivity index is 2.08. The van der Waals surface area contributed by atoms with Crippen LogP contribution >= 0.6 is 11.8 Å². The van der Waals surface area contributed by atoms with Crippen LogP contribution in [0.2, 0.25) is 0 Å². The lowest BCUT2D eigenvalue weighted by Crippen LogP contribution is -2.27. The topological polar surface area (TPSA) is 38.3 Å². The molecule has 1 rings (SSSR count). The Hall–Kier alpha value is -0.480. The van der Waals surface area contributed by atoms with Crippen LogP contribution in [0.1, 0.15) is 19.8 Å². The van der Waals surface area contributed by atoms with Crippen LogP contribution in [-0.2, 0) is 9.53 Å². The van der Waals surface area contributed by atoms with Gasteiger partial charge in [-0.3, -0.25) is 0 Å². The molecule has 86 valence electrons. The average Bonchev–Trinajstić information content (AvgIpc) is 2.71. The summed E-state index contributed by atoms with van der Waals surface area (Å²) < 4.78 is 4.84. The maximum Gasteiger partial charge on any atom is 0.334 e. The van der Waals surface area contributed by atoms with Crippen LogP contribution in [-0.4, -0.2) is 36.7 Å². The molecule has 1 aliphatic heterocycles. The minimum absolute atomic E-state index is 0.288. The van der Waals surface area contributed by atoms with E-state index in [4.69, 9.17) is 4.74 Å². The second-order valence-electron chi connectivity index (χ2n) is 3.59. The summed E-state index contributed by atoms with van der Waals surface area (Å²) in [5.41, 5.74) is 0.514. The SMILES string of the molecule is C=C(CNCC1CCCS1)C(=O)OCC. The largest absolute Gasteiger partial charge is 0.463 e. The third kappa shape index (κ3) is 4.71. The van der Waals surface area contributed by atoms with E-state index in [9.17, 15) is 4.79 Å². The van der Waals surface area contributed by atoms with Crippen molar-refractivity contribution in [2.75, 3.05) is 25.4 Å². The van der Waals surface area contributed by atoms with E-state index in [2.05, 4.69) is 11.9 Å². The third-order valence-electron chi connectivity index (χ3n) is 2.30. The molecule has 15 heavy (non-hydrogen) atoms. The summed E-state index contributed by atoms with van der Waals surface area (Å²) in [7, 11) is 0. The number of carbonyl (C=O) groups is 1. The van der Waals surface area contributed by atoms with Crippen LogP contribution in [0.3, 0.4) is 0 Å². The molecular formula is C11H19NO2S. The molecule has 4 heteroatoms. The van der Waals surface area contributed by atoms with Gasteiger partial charge in [-0.1, -0.05) is 6.58 Å². The summed E-state index contributed by atoms with van der Waals surface area (Å²) >= 11 is 2.00. The number of rotatable bonds is 6. The van der Waals surface area contributed by atoms with Gasteiger partial charge in [-0.15, -0.1) is 0 Å². The highest BCUT2D eigenvalue weighted by atomic mass is 32.2. The number of carbonyl (C=O) groups excluding carboxylic acids is 1. The van der Waals surface area contributed by atoms with Crippen LogP contribution in [0, 0.1) is 0 Å². The standard InChI is InChI=1S/C11H19NO2S/c1-3-14-11(13)9(2)7-12-8-10-5-4-6-15-10/h10,12H,2-8H2,1H3. The lowest BCUT2D eigenvalue weighted by atomic mass is 10.2. The quantitative estimate of drug-likeness (QED) is 0.554. The third-order valence-corrected chi connectivity index (χ3v) is 3.70. The molecule has 0 radical (unpaired) electrons. The molecule has 1 atom stereocenters. The lowest BCUT2D eigenvalue weighted by molar-refractivity contribution is -0.138. The molecule has 1 saturated heterocycles. The van der Waals surface area contributed by atoms with Crippen LogP contribution in [0.5, 0.6) is 0 Å². The Morgan fingerprint density at radius 2 is 2.47 bits per heavy atom. The van der Waals surface area contributed by atoms with Gasteiger partial charge in [-0.2, -0.15) is 11.8 Å². The molecule has 1 heterocycles. The van der Waals surface area contributed by atoms with Crippen molar-refractivity contribution in [1.29, 1.82) is 0 Å². The van der Waals surface area contributed by atoms with Crippen molar-refractivity contribution in [3.05, 3.63) is 12.2 Å². The van der Waals surface area contributed by atoms with Gasteiger partial charge in [-0.25, -0.2) is 4.79 Å². The first-order valence-electron chi connectivity index (χ1n) is 5.41. The van der Waals surface area contributed by atoms with Crippen LogP contribution < -0.4 is 5.32 Å². The fourth-order valence-electron chi connectivity index (χ4n) is 1.49. The Labute approximate surface area is 95.6 Å². The van der Waals surface area contributed by atoms with Crippen molar-refractivity contribution in [1.82, 2.24) is 5.32 Å². The number of hydrogen-bond donors (Lipinski definition) is 1. The molecule has 1 unspecified atom stereocenters. The number of ether oxygens (including phenoxy) is 1. The van der Waals surface area contributed by atoms with Crippen LogP contribution in [0.4, 0.5) is 0 Å². The van der Waals surface area contributed by atoms with Gasteiger partial charge >= 0.3 is 5.97 Å². The Morgan fingerprint density at radius 3 is 3.07 bits per heavy atom. The first-order valence-corrected chi connectivity index (χ1v) is 6.46. The number of esters is 1. The van der Waals surface area contributed by atoms with Gasteiger partial charge in [0.25, 0.3) is 0 Å². The highest BCUT2D eigenvalue weighted by molar-refractivity contribution is 8.00. The summed E-state index contributed by atoms with van der Waals surface area (Å²) in [6.07, 6.45) is 2.60. The highest BCUT2D eigenvalue weighted by Gasteiger charge is 2.15. The number of nitrogens with one attached hydrogen (secondary N) is 1. The van der Waals surface area contributed by atoms with Gasteiger partial charge < -0.3 is 10.1 Å². The van der Waals surface area contributed by atoms with E-state index in [1.807, 2.05) is 11.8 Å². The first kappa shape index (κ1) is 12.6. The van der Waals surface area contributed by atoms with Gasteiger partial charge in [0.15, 0.2) is 0 Å². The molecule has 0 saturated carbocycles. The molecule has 0 amide bonds. The first-order chi connectivity index (χ1) is 7.24. The van der Waals surface area contributed by atoms with E-state index in [0.29, 0.717) is 24.0 Å². The van der Waals surface area contributed by atoms with Crippen LogP contribution in [0.25, 0.3) is 0 Å². The molecule has 0 aromatic carbocycles. The van der Waals surface area contributed by atoms with Crippen molar-refractivity contribution in [3.8, 4) is 0 Å². The van der Waals surface area contributed by atoms with E-state index < -0.39 is 0 Å². The van der Waals surface area contributed by atoms with E-state index in [0.717, 1.165) is 6.54 Å². The lowest BCUT2D eigenvalue weighted by Gasteiger charge is -2.10. The normalized spacial score (nSPS) is 20.2. The highest BCUT2D eigenvalue weighted by Crippen LogP contribution is 2.25.